The first-order valence-electron chi connectivity index (χ1n) is 6.86. The van der Waals surface area contributed by atoms with Gasteiger partial charge in [0.2, 0.25) is 0 Å². The molecule has 1 fully saturated rings. The number of benzene rings is 1. The van der Waals surface area contributed by atoms with Crippen molar-refractivity contribution in [3.05, 3.63) is 29.3 Å². The number of halogens is 3. The third-order valence-electron chi connectivity index (χ3n) is 3.58. The van der Waals surface area contributed by atoms with Crippen molar-refractivity contribution in [2.75, 3.05) is 18.4 Å². The summed E-state index contributed by atoms with van der Waals surface area (Å²) in [5.41, 5.74) is 4.49. The van der Waals surface area contributed by atoms with Gasteiger partial charge in [-0.25, -0.2) is 0 Å². The van der Waals surface area contributed by atoms with Gasteiger partial charge in [-0.15, -0.1) is 0 Å². The number of carbonyl (C=O) groups excluding carboxylic acids is 1. The van der Waals surface area contributed by atoms with E-state index >= 15 is 0 Å². The Morgan fingerprint density at radius 3 is 2.76 bits per heavy atom. The Hall–Kier alpha value is -1.76. The SMILES string of the molecule is NC(=O)c1cc(C(F)(F)F)ccc1NCCC1CCCN1. The summed E-state index contributed by atoms with van der Waals surface area (Å²) in [5.74, 6) is -0.873. The number of primary amides is 1. The quantitative estimate of drug-likeness (QED) is 0.782. The molecule has 116 valence electrons. The summed E-state index contributed by atoms with van der Waals surface area (Å²) < 4.78 is 37.9. The molecule has 1 aromatic rings. The maximum atomic E-state index is 12.6. The number of nitrogens with one attached hydrogen (secondary N) is 2. The second-order valence-corrected chi connectivity index (χ2v) is 5.13. The Labute approximate surface area is 120 Å². The van der Waals surface area contributed by atoms with Gasteiger partial charge in [-0.1, -0.05) is 0 Å². The van der Waals surface area contributed by atoms with Crippen LogP contribution in [0.1, 0.15) is 35.2 Å². The van der Waals surface area contributed by atoms with E-state index < -0.39 is 17.6 Å². The highest BCUT2D eigenvalue weighted by molar-refractivity contribution is 5.98. The number of hydrogen-bond acceptors (Lipinski definition) is 3. The first-order chi connectivity index (χ1) is 9.88. The number of anilines is 1. The lowest BCUT2D eigenvalue weighted by Crippen LogP contribution is -2.24. The molecule has 1 aromatic carbocycles. The normalized spacial score (nSPS) is 18.7. The van der Waals surface area contributed by atoms with Gasteiger partial charge in [0.1, 0.15) is 0 Å². The van der Waals surface area contributed by atoms with E-state index in [1.54, 1.807) is 0 Å². The van der Waals surface area contributed by atoms with Crippen LogP contribution in [-0.2, 0) is 6.18 Å². The molecule has 2 rings (SSSR count). The first-order valence-corrected chi connectivity index (χ1v) is 6.86. The molecule has 1 aliphatic heterocycles. The van der Waals surface area contributed by atoms with E-state index in [0.717, 1.165) is 37.9 Å². The van der Waals surface area contributed by atoms with Gasteiger partial charge in [-0.3, -0.25) is 4.79 Å². The topological polar surface area (TPSA) is 67.2 Å². The van der Waals surface area contributed by atoms with Crippen molar-refractivity contribution in [3.63, 3.8) is 0 Å². The summed E-state index contributed by atoms with van der Waals surface area (Å²) in [6.07, 6.45) is -1.41. The molecule has 1 atom stereocenters. The number of hydrogen-bond donors (Lipinski definition) is 3. The van der Waals surface area contributed by atoms with Gasteiger partial charge in [0.05, 0.1) is 11.1 Å². The van der Waals surface area contributed by atoms with Gasteiger partial charge >= 0.3 is 6.18 Å². The number of amides is 1. The smallest absolute Gasteiger partial charge is 0.384 e. The molecule has 7 heteroatoms. The van der Waals surface area contributed by atoms with Crippen LogP contribution in [0.15, 0.2) is 18.2 Å². The van der Waals surface area contributed by atoms with Gasteiger partial charge < -0.3 is 16.4 Å². The van der Waals surface area contributed by atoms with Gasteiger partial charge in [0.25, 0.3) is 5.91 Å². The maximum absolute atomic E-state index is 12.6. The van der Waals surface area contributed by atoms with Crippen LogP contribution in [0.3, 0.4) is 0 Å². The number of nitrogens with two attached hydrogens (primary N) is 1. The fourth-order valence-electron chi connectivity index (χ4n) is 2.46. The average molecular weight is 301 g/mol. The molecular weight excluding hydrogens is 283 g/mol. The average Bonchev–Trinajstić information content (AvgIpc) is 2.90. The molecule has 1 unspecified atom stereocenters. The van der Waals surface area contributed by atoms with Crippen molar-refractivity contribution in [1.29, 1.82) is 0 Å². The maximum Gasteiger partial charge on any atom is 0.416 e. The number of rotatable bonds is 5. The Bertz CT molecular complexity index is 511. The van der Waals surface area contributed by atoms with E-state index in [0.29, 0.717) is 18.3 Å². The van der Waals surface area contributed by atoms with E-state index in [1.165, 1.54) is 6.07 Å². The molecule has 1 heterocycles. The fraction of sp³-hybridized carbons (Fsp3) is 0.500. The van der Waals surface area contributed by atoms with E-state index in [-0.39, 0.29) is 5.56 Å². The molecule has 1 amide bonds. The second-order valence-electron chi connectivity index (χ2n) is 5.13. The first kappa shape index (κ1) is 15.6. The molecule has 0 spiro atoms. The minimum Gasteiger partial charge on any atom is -0.384 e. The molecule has 0 saturated carbocycles. The van der Waals surface area contributed by atoms with Gasteiger partial charge in [0, 0.05) is 18.3 Å². The van der Waals surface area contributed by atoms with Crippen LogP contribution in [0, 0.1) is 0 Å². The lowest BCUT2D eigenvalue weighted by atomic mass is 10.1. The standard InChI is InChI=1S/C14H18F3N3O/c15-14(16,17)9-3-4-12(11(8-9)13(18)21)20-7-5-10-2-1-6-19-10/h3-4,8,10,19-20H,1-2,5-7H2,(H2,18,21). The van der Waals surface area contributed by atoms with Gasteiger partial charge in [-0.2, -0.15) is 13.2 Å². The molecule has 21 heavy (non-hydrogen) atoms. The summed E-state index contributed by atoms with van der Waals surface area (Å²) in [6, 6.07) is 3.41. The Kier molecular flexibility index (Phi) is 4.72. The van der Waals surface area contributed by atoms with Crippen molar-refractivity contribution in [2.24, 2.45) is 5.73 Å². The molecule has 1 saturated heterocycles. The van der Waals surface area contributed by atoms with Crippen molar-refractivity contribution >= 4 is 11.6 Å². The second kappa shape index (κ2) is 6.34. The van der Waals surface area contributed by atoms with Crippen LogP contribution in [0.2, 0.25) is 0 Å². The van der Waals surface area contributed by atoms with Crippen LogP contribution >= 0.6 is 0 Å². The van der Waals surface area contributed by atoms with Gasteiger partial charge in [-0.05, 0) is 44.0 Å². The summed E-state index contributed by atoms with van der Waals surface area (Å²) in [7, 11) is 0. The summed E-state index contributed by atoms with van der Waals surface area (Å²) in [6.45, 7) is 1.57. The molecule has 1 aliphatic rings. The lowest BCUT2D eigenvalue weighted by Gasteiger charge is -2.15. The van der Waals surface area contributed by atoms with E-state index in [2.05, 4.69) is 10.6 Å². The highest BCUT2D eigenvalue weighted by Crippen LogP contribution is 2.31. The zero-order valence-electron chi connectivity index (χ0n) is 11.5. The predicted molar refractivity (Wildman–Crippen MR) is 74.1 cm³/mol. The number of alkyl halides is 3. The van der Waals surface area contributed by atoms with Crippen LogP contribution in [0.4, 0.5) is 18.9 Å². The van der Waals surface area contributed by atoms with Crippen LogP contribution < -0.4 is 16.4 Å². The van der Waals surface area contributed by atoms with Crippen molar-refractivity contribution in [1.82, 2.24) is 5.32 Å². The zero-order chi connectivity index (χ0) is 15.5. The highest BCUT2D eigenvalue weighted by Gasteiger charge is 2.31. The van der Waals surface area contributed by atoms with Crippen molar-refractivity contribution in [2.45, 2.75) is 31.5 Å². The van der Waals surface area contributed by atoms with Crippen LogP contribution in [-0.4, -0.2) is 25.0 Å². The molecule has 0 bridgehead atoms. The monoisotopic (exact) mass is 301 g/mol. The van der Waals surface area contributed by atoms with Gasteiger partial charge in [0.15, 0.2) is 0 Å². The molecule has 0 radical (unpaired) electrons. The summed E-state index contributed by atoms with van der Waals surface area (Å²) in [5, 5.41) is 6.32. The molecule has 0 aromatic heterocycles. The number of carbonyl (C=O) groups is 1. The van der Waals surface area contributed by atoms with Crippen LogP contribution in [0.5, 0.6) is 0 Å². The third kappa shape index (κ3) is 4.10. The third-order valence-corrected chi connectivity index (χ3v) is 3.58. The molecular formula is C14H18F3N3O. The minimum absolute atomic E-state index is 0.135. The van der Waals surface area contributed by atoms with E-state index in [1.807, 2.05) is 0 Å². The van der Waals surface area contributed by atoms with Crippen LogP contribution in [0.25, 0.3) is 0 Å². The molecule has 4 N–H and O–H groups in total. The molecule has 4 nitrogen and oxygen atoms in total. The predicted octanol–water partition coefficient (Wildman–Crippen LogP) is 2.36. The van der Waals surface area contributed by atoms with E-state index in [4.69, 9.17) is 5.73 Å². The summed E-state index contributed by atoms with van der Waals surface area (Å²) in [4.78, 5) is 11.3. The fourth-order valence-corrected chi connectivity index (χ4v) is 2.46. The van der Waals surface area contributed by atoms with Crippen molar-refractivity contribution < 1.29 is 18.0 Å². The molecule has 0 aliphatic carbocycles. The zero-order valence-corrected chi connectivity index (χ0v) is 11.5. The minimum atomic E-state index is -4.49. The Balaban J connectivity index is 2.05. The summed E-state index contributed by atoms with van der Waals surface area (Å²) >= 11 is 0. The Morgan fingerprint density at radius 2 is 2.19 bits per heavy atom. The lowest BCUT2D eigenvalue weighted by molar-refractivity contribution is -0.137. The van der Waals surface area contributed by atoms with E-state index in [9.17, 15) is 18.0 Å². The Morgan fingerprint density at radius 1 is 1.43 bits per heavy atom. The highest BCUT2D eigenvalue weighted by atomic mass is 19.4. The largest absolute Gasteiger partial charge is 0.416 e. The van der Waals surface area contributed by atoms with Crippen molar-refractivity contribution in [3.8, 4) is 0 Å².